The molecule has 2 unspecified atom stereocenters. The third-order valence-electron chi connectivity index (χ3n) is 8.19. The van der Waals surface area contributed by atoms with Crippen LogP contribution in [0.15, 0.2) is 109 Å². The van der Waals surface area contributed by atoms with Crippen LogP contribution >= 0.6 is 0 Å². The number of carboxylic acids is 1. The highest BCUT2D eigenvalue weighted by Gasteiger charge is 2.25. The second-order valence-electron chi connectivity index (χ2n) is 14.1. The van der Waals surface area contributed by atoms with Gasteiger partial charge in [-0.1, -0.05) is 130 Å². The molecular weight excluding hydrogens is 691 g/mol. The van der Waals surface area contributed by atoms with Crippen LogP contribution in [0, 0.1) is 0 Å². The van der Waals surface area contributed by atoms with Crippen molar-refractivity contribution in [1.29, 1.82) is 0 Å². The summed E-state index contributed by atoms with van der Waals surface area (Å²) in [4.78, 5) is 36.6. The predicted octanol–water partition coefficient (Wildman–Crippen LogP) is 9.57. The number of carboxylic acid groups (broad SMARTS) is 1. The van der Waals surface area contributed by atoms with Crippen LogP contribution in [-0.2, 0) is 28.6 Å². The molecule has 0 radical (unpaired) electrons. The van der Waals surface area contributed by atoms with Crippen LogP contribution < -0.4 is 5.11 Å². The number of allylic oxidation sites excluding steroid dienone is 17. The Morgan fingerprint density at radius 1 is 0.564 bits per heavy atom. The average Bonchev–Trinajstić information content (AvgIpc) is 3.14. The summed E-state index contributed by atoms with van der Waals surface area (Å²) >= 11 is 0. The van der Waals surface area contributed by atoms with Crippen molar-refractivity contribution in [2.45, 2.75) is 129 Å². The zero-order valence-electron chi connectivity index (χ0n) is 34.8. The number of ether oxygens (including phenoxy) is 3. The van der Waals surface area contributed by atoms with Gasteiger partial charge in [-0.25, -0.2) is 0 Å². The Hall–Kier alpha value is -4.01. The van der Waals surface area contributed by atoms with Crippen LogP contribution in [0.1, 0.15) is 117 Å². The summed E-state index contributed by atoms with van der Waals surface area (Å²) in [6.07, 6.45) is 50.2. The fraction of sp³-hybridized carbons (Fsp3) is 0.553. The Kier molecular flexibility index (Phi) is 34.2. The van der Waals surface area contributed by atoms with Gasteiger partial charge in [0.05, 0.1) is 46.7 Å². The van der Waals surface area contributed by atoms with E-state index < -0.39 is 24.1 Å². The number of hydrogen-bond donors (Lipinski definition) is 0. The first-order valence-corrected chi connectivity index (χ1v) is 20.4. The third kappa shape index (κ3) is 35.4. The van der Waals surface area contributed by atoms with E-state index in [1.54, 1.807) is 27.2 Å². The van der Waals surface area contributed by atoms with Gasteiger partial charge in [0.1, 0.15) is 12.6 Å². The number of esters is 2. The maximum absolute atomic E-state index is 12.5. The molecule has 0 aromatic heterocycles. The Labute approximate surface area is 334 Å². The zero-order valence-corrected chi connectivity index (χ0v) is 34.8. The highest BCUT2D eigenvalue weighted by Crippen LogP contribution is 2.10. The van der Waals surface area contributed by atoms with Gasteiger partial charge in [0.15, 0.2) is 6.10 Å². The van der Waals surface area contributed by atoms with Gasteiger partial charge < -0.3 is 28.6 Å². The van der Waals surface area contributed by atoms with Gasteiger partial charge in [-0.15, -0.1) is 0 Å². The molecule has 55 heavy (non-hydrogen) atoms. The normalized spacial score (nSPS) is 14.1. The highest BCUT2D eigenvalue weighted by molar-refractivity contribution is 5.71. The Morgan fingerprint density at radius 2 is 1.02 bits per heavy atom. The number of unbranched alkanes of at least 4 members (excludes halogenated alkanes) is 3. The molecular formula is C47H73NO7. The van der Waals surface area contributed by atoms with Gasteiger partial charge in [-0.3, -0.25) is 9.59 Å². The highest BCUT2D eigenvalue weighted by atomic mass is 16.6. The van der Waals surface area contributed by atoms with Crippen LogP contribution in [-0.4, -0.2) is 75.5 Å². The second-order valence-corrected chi connectivity index (χ2v) is 14.1. The summed E-state index contributed by atoms with van der Waals surface area (Å²) in [5.74, 6) is -1.95. The van der Waals surface area contributed by atoms with E-state index in [9.17, 15) is 19.5 Å². The van der Waals surface area contributed by atoms with Crippen molar-refractivity contribution in [2.24, 2.45) is 0 Å². The molecule has 8 nitrogen and oxygen atoms in total. The van der Waals surface area contributed by atoms with E-state index in [1.807, 2.05) is 12.2 Å². The number of hydrogen-bond acceptors (Lipinski definition) is 7. The summed E-state index contributed by atoms with van der Waals surface area (Å²) < 4.78 is 16.9. The van der Waals surface area contributed by atoms with Crippen molar-refractivity contribution in [3.8, 4) is 0 Å². The lowest BCUT2D eigenvalue weighted by molar-refractivity contribution is -0.889. The molecule has 308 valence electrons. The Morgan fingerprint density at radius 3 is 1.47 bits per heavy atom. The number of carbonyl (C=O) groups excluding carboxylic acids is 3. The first-order chi connectivity index (χ1) is 26.6. The number of likely N-dealkylation sites (N-methyl/N-ethyl adjacent to an activating group) is 1. The minimum Gasteiger partial charge on any atom is -0.544 e. The molecule has 0 heterocycles. The smallest absolute Gasteiger partial charge is 0.310 e. The second kappa shape index (κ2) is 36.9. The predicted molar refractivity (Wildman–Crippen MR) is 226 cm³/mol. The number of quaternary nitrogens is 1. The van der Waals surface area contributed by atoms with Crippen molar-refractivity contribution in [2.75, 3.05) is 41.0 Å². The minimum absolute atomic E-state index is 0.0143. The van der Waals surface area contributed by atoms with E-state index >= 15 is 0 Å². The summed E-state index contributed by atoms with van der Waals surface area (Å²) in [5, 5.41) is 11.6. The molecule has 0 aliphatic heterocycles. The molecule has 0 aromatic carbocycles. The molecule has 0 saturated heterocycles. The van der Waals surface area contributed by atoms with Gasteiger partial charge in [0.25, 0.3) is 0 Å². The Bertz CT molecular complexity index is 1260. The molecule has 0 aliphatic carbocycles. The molecule has 0 aromatic rings. The van der Waals surface area contributed by atoms with E-state index in [0.717, 1.165) is 70.6 Å². The van der Waals surface area contributed by atoms with Gasteiger partial charge in [0, 0.05) is 12.8 Å². The lowest BCUT2D eigenvalue weighted by Gasteiger charge is -2.34. The van der Waals surface area contributed by atoms with Gasteiger partial charge in [0.2, 0.25) is 0 Å². The average molecular weight is 764 g/mol. The zero-order chi connectivity index (χ0) is 40.7. The third-order valence-corrected chi connectivity index (χ3v) is 8.19. The van der Waals surface area contributed by atoms with E-state index in [0.29, 0.717) is 12.8 Å². The van der Waals surface area contributed by atoms with Crippen LogP contribution in [0.2, 0.25) is 0 Å². The van der Waals surface area contributed by atoms with Crippen LogP contribution in [0.25, 0.3) is 0 Å². The van der Waals surface area contributed by atoms with Crippen molar-refractivity contribution in [3.05, 3.63) is 109 Å². The SMILES string of the molecule is CC/C=C/C/C=C/C/C=C/C/C=C/C/C=C/C/C=C/CCCCCC(=O)OCC(COCCC(C(=O)[O-])[N+](C)(C)C)OC(=O)C/C=C/C/C=C/C/C=C/CC. The van der Waals surface area contributed by atoms with Gasteiger partial charge in [-0.05, 0) is 77.0 Å². The molecule has 0 rings (SSSR count). The molecule has 0 fully saturated rings. The number of carbonyl (C=O) groups is 3. The Balaban J connectivity index is 4.43. The van der Waals surface area contributed by atoms with E-state index in [1.165, 1.54) is 0 Å². The number of aliphatic carboxylic acids is 1. The van der Waals surface area contributed by atoms with Crippen molar-refractivity contribution in [1.82, 2.24) is 0 Å². The molecule has 0 amide bonds. The molecule has 2 atom stereocenters. The summed E-state index contributed by atoms with van der Waals surface area (Å²) in [7, 11) is 5.34. The lowest BCUT2D eigenvalue weighted by atomic mass is 10.1. The summed E-state index contributed by atoms with van der Waals surface area (Å²) in [6.45, 7) is 4.24. The van der Waals surface area contributed by atoms with Crippen LogP contribution in [0.5, 0.6) is 0 Å². The summed E-state index contributed by atoms with van der Waals surface area (Å²) in [6, 6.07) is -0.750. The van der Waals surface area contributed by atoms with Gasteiger partial charge in [-0.2, -0.15) is 0 Å². The maximum atomic E-state index is 12.5. The van der Waals surface area contributed by atoms with Crippen molar-refractivity contribution in [3.63, 3.8) is 0 Å². The molecule has 8 heteroatoms. The van der Waals surface area contributed by atoms with E-state index in [2.05, 4.69) is 105 Å². The molecule has 0 spiro atoms. The quantitative estimate of drug-likeness (QED) is 0.0279. The van der Waals surface area contributed by atoms with E-state index in [4.69, 9.17) is 14.2 Å². The molecule has 0 N–H and O–H groups in total. The van der Waals surface area contributed by atoms with E-state index in [-0.39, 0.29) is 49.5 Å². The fourth-order valence-electron chi connectivity index (χ4n) is 5.08. The molecule has 0 aliphatic rings. The standard InChI is InChI=1S/C47H73NO7/c1-6-8-10-12-14-16-17-18-19-20-21-22-23-24-25-26-27-28-30-31-33-35-37-45(49)54-42-43(41-53-40-39-44(47(51)52)48(3,4)5)55-46(50)38-36-34-32-29-15-13-11-9-7-2/h8-11,14-16,18-19,21-22,24-25,27-29,34,36,43-44H,6-7,12-13,17,20,23,26,30-33,35,37-42H2,1-5H3/b10-8+,11-9+,16-14+,19-18+,22-21+,25-24+,28-27+,29-15+,36-34+. The maximum Gasteiger partial charge on any atom is 0.310 e. The lowest BCUT2D eigenvalue weighted by Crippen LogP contribution is -2.55. The van der Waals surface area contributed by atoms with Crippen molar-refractivity contribution >= 4 is 17.9 Å². The summed E-state index contributed by atoms with van der Waals surface area (Å²) in [5.41, 5.74) is 0. The fourth-order valence-corrected chi connectivity index (χ4v) is 5.08. The minimum atomic E-state index is -1.15. The molecule has 0 saturated carbocycles. The van der Waals surface area contributed by atoms with Crippen LogP contribution in [0.4, 0.5) is 0 Å². The molecule has 0 bridgehead atoms. The van der Waals surface area contributed by atoms with Crippen LogP contribution in [0.3, 0.4) is 0 Å². The monoisotopic (exact) mass is 764 g/mol. The van der Waals surface area contributed by atoms with Crippen molar-refractivity contribution < 1.29 is 38.2 Å². The topological polar surface area (TPSA) is 102 Å². The first-order valence-electron chi connectivity index (χ1n) is 20.4. The first kappa shape index (κ1) is 51.0. The largest absolute Gasteiger partial charge is 0.544 e. The number of rotatable bonds is 34. The number of nitrogens with zero attached hydrogens (tertiary/aromatic N) is 1. The van der Waals surface area contributed by atoms with Gasteiger partial charge >= 0.3 is 11.9 Å².